The van der Waals surface area contributed by atoms with E-state index >= 15 is 0 Å². The fraction of sp³-hybridized carbons (Fsp3) is 0.875. The van der Waals surface area contributed by atoms with Crippen LogP contribution in [0, 0.1) is 5.92 Å². The third kappa shape index (κ3) is 5.94. The first-order valence-electron chi connectivity index (χ1n) is 8.16. The van der Waals surface area contributed by atoms with Crippen LogP contribution in [0.4, 0.5) is 4.79 Å². The number of carbonyl (C=O) groups excluding carboxylic acids is 2. The van der Waals surface area contributed by atoms with Crippen molar-refractivity contribution in [2.24, 2.45) is 5.92 Å². The second-order valence-corrected chi connectivity index (χ2v) is 5.47. The molecule has 1 aliphatic rings. The van der Waals surface area contributed by atoms with Crippen molar-refractivity contribution in [2.75, 3.05) is 13.7 Å². The summed E-state index contributed by atoms with van der Waals surface area (Å²) in [5.41, 5.74) is 0. The Morgan fingerprint density at radius 3 is 2.48 bits per heavy atom. The zero-order chi connectivity index (χ0) is 16.4. The Hall–Kier alpha value is -1.26. The van der Waals surface area contributed by atoms with E-state index in [4.69, 9.17) is 0 Å². The van der Waals surface area contributed by atoms with E-state index in [9.17, 15) is 9.59 Å². The van der Waals surface area contributed by atoms with Gasteiger partial charge in [-0.05, 0) is 25.2 Å². The highest BCUT2D eigenvalue weighted by Crippen LogP contribution is 2.23. The van der Waals surface area contributed by atoms with E-state index in [0.717, 1.165) is 32.2 Å². The molecular formula is C16H34N2O3. The van der Waals surface area contributed by atoms with Gasteiger partial charge in [0.2, 0.25) is 5.91 Å². The summed E-state index contributed by atoms with van der Waals surface area (Å²) >= 11 is 0. The molecule has 126 valence electrons. The van der Waals surface area contributed by atoms with Crippen molar-refractivity contribution < 1.29 is 15.8 Å². The van der Waals surface area contributed by atoms with Crippen molar-refractivity contribution in [3.63, 3.8) is 0 Å². The molecule has 2 atom stereocenters. The fourth-order valence-electron chi connectivity index (χ4n) is 2.64. The summed E-state index contributed by atoms with van der Waals surface area (Å²) in [6, 6.07) is -0.164. The predicted molar refractivity (Wildman–Crippen MR) is 87.3 cm³/mol. The first-order valence-corrected chi connectivity index (χ1v) is 8.16. The largest absolute Gasteiger partial charge is 0.453 e. The van der Waals surface area contributed by atoms with Crippen LogP contribution in [-0.2, 0) is 9.53 Å². The van der Waals surface area contributed by atoms with Gasteiger partial charge in [-0.2, -0.15) is 0 Å². The van der Waals surface area contributed by atoms with E-state index in [0.29, 0.717) is 6.04 Å². The number of rotatable bonds is 5. The molecule has 1 rings (SSSR count). The molecule has 0 aliphatic carbocycles. The van der Waals surface area contributed by atoms with Gasteiger partial charge in [0.05, 0.1) is 7.11 Å². The first-order chi connectivity index (χ1) is 10.0. The zero-order valence-corrected chi connectivity index (χ0v) is 14.4. The third-order valence-corrected chi connectivity index (χ3v) is 3.67. The smallest absolute Gasteiger partial charge is 0.407 e. The number of hydrogen-bond donors (Lipinski definition) is 1. The second-order valence-electron chi connectivity index (χ2n) is 5.47. The highest BCUT2D eigenvalue weighted by molar-refractivity contribution is 5.86. The summed E-state index contributed by atoms with van der Waals surface area (Å²) < 4.78 is 4.60. The molecule has 0 saturated carbocycles. The molecule has 1 saturated heterocycles. The van der Waals surface area contributed by atoms with Crippen LogP contribution in [0.25, 0.3) is 0 Å². The number of amides is 2. The van der Waals surface area contributed by atoms with E-state index in [2.05, 4.69) is 17.0 Å². The zero-order valence-electron chi connectivity index (χ0n) is 14.4. The first kappa shape index (κ1) is 19.7. The van der Waals surface area contributed by atoms with Crippen LogP contribution in [0.5, 0.6) is 0 Å². The molecule has 0 radical (unpaired) electrons. The summed E-state index contributed by atoms with van der Waals surface area (Å²) in [5, 5.41) is 2.65. The Morgan fingerprint density at radius 2 is 2.00 bits per heavy atom. The number of likely N-dealkylation sites (tertiary alicyclic amines) is 1. The Balaban J connectivity index is 0. The number of ether oxygens (including phenoxy) is 1. The van der Waals surface area contributed by atoms with Gasteiger partial charge in [-0.25, -0.2) is 4.79 Å². The molecule has 5 nitrogen and oxygen atoms in total. The maximum Gasteiger partial charge on any atom is 0.407 e. The third-order valence-electron chi connectivity index (χ3n) is 3.67. The number of carbonyl (C=O) groups is 2. The summed E-state index contributed by atoms with van der Waals surface area (Å²) in [6.45, 7) is 10.8. The summed E-state index contributed by atoms with van der Waals surface area (Å²) in [6.07, 6.45) is 3.69. The Bertz CT molecular complexity index is 325. The van der Waals surface area contributed by atoms with Gasteiger partial charge in [-0.3, -0.25) is 4.79 Å². The van der Waals surface area contributed by atoms with E-state index in [1.54, 1.807) is 0 Å². The van der Waals surface area contributed by atoms with Crippen LogP contribution in [-0.4, -0.2) is 42.6 Å². The summed E-state index contributed by atoms with van der Waals surface area (Å²) in [4.78, 5) is 25.9. The minimum absolute atomic E-state index is 0. The molecular weight excluding hydrogens is 268 g/mol. The lowest BCUT2D eigenvalue weighted by molar-refractivity contribution is -0.135. The molecule has 0 bridgehead atoms. The standard InChI is InChI=1S/C14H26N2O3.C2H6.H2/c1-5-7-11-8-6-9-16(11)13(17)12(10(2)3)15-14(18)19-4;1-2;/h10-12H,5-9H2,1-4H3,(H,15,18);1-2H3;1H. The molecule has 0 aromatic carbocycles. The minimum atomic E-state index is -0.543. The Kier molecular flexibility index (Phi) is 9.84. The lowest BCUT2D eigenvalue weighted by Gasteiger charge is -2.30. The molecule has 1 N–H and O–H groups in total. The van der Waals surface area contributed by atoms with Gasteiger partial charge in [0.1, 0.15) is 6.04 Å². The number of hydrogen-bond acceptors (Lipinski definition) is 3. The number of alkyl carbamates (subject to hydrolysis) is 1. The average Bonchev–Trinajstić information content (AvgIpc) is 2.94. The van der Waals surface area contributed by atoms with Crippen LogP contribution in [0.15, 0.2) is 0 Å². The van der Waals surface area contributed by atoms with Gasteiger partial charge in [0.25, 0.3) is 0 Å². The van der Waals surface area contributed by atoms with Gasteiger partial charge in [0, 0.05) is 14.0 Å². The number of methoxy groups -OCH3 is 1. The molecule has 0 spiro atoms. The Morgan fingerprint density at radius 1 is 1.38 bits per heavy atom. The molecule has 1 fully saturated rings. The van der Waals surface area contributed by atoms with Crippen LogP contribution < -0.4 is 5.32 Å². The van der Waals surface area contributed by atoms with Crippen LogP contribution in [0.1, 0.15) is 61.7 Å². The van der Waals surface area contributed by atoms with E-state index in [1.807, 2.05) is 32.6 Å². The fourth-order valence-corrected chi connectivity index (χ4v) is 2.64. The van der Waals surface area contributed by atoms with Crippen molar-refractivity contribution >= 4 is 12.0 Å². The van der Waals surface area contributed by atoms with Crippen molar-refractivity contribution in [3.05, 3.63) is 0 Å². The molecule has 1 heterocycles. The lowest BCUT2D eigenvalue weighted by atomic mass is 10.0. The highest BCUT2D eigenvalue weighted by atomic mass is 16.5. The van der Waals surface area contributed by atoms with Crippen molar-refractivity contribution in [3.8, 4) is 0 Å². The summed E-state index contributed by atoms with van der Waals surface area (Å²) in [7, 11) is 1.31. The normalized spacial score (nSPS) is 18.8. The van der Waals surface area contributed by atoms with Crippen molar-refractivity contribution in [1.82, 2.24) is 10.2 Å². The number of nitrogens with zero attached hydrogens (tertiary/aromatic N) is 1. The predicted octanol–water partition coefficient (Wildman–Crippen LogP) is 3.43. The minimum Gasteiger partial charge on any atom is -0.453 e. The molecule has 0 aromatic heterocycles. The van der Waals surface area contributed by atoms with Gasteiger partial charge in [-0.15, -0.1) is 0 Å². The van der Waals surface area contributed by atoms with Gasteiger partial charge < -0.3 is 15.0 Å². The van der Waals surface area contributed by atoms with E-state index in [-0.39, 0.29) is 13.3 Å². The van der Waals surface area contributed by atoms with Crippen LogP contribution in [0.2, 0.25) is 0 Å². The maximum absolute atomic E-state index is 12.6. The molecule has 21 heavy (non-hydrogen) atoms. The quantitative estimate of drug-likeness (QED) is 0.846. The molecule has 0 aromatic rings. The van der Waals surface area contributed by atoms with Crippen LogP contribution >= 0.6 is 0 Å². The topological polar surface area (TPSA) is 58.6 Å². The Labute approximate surface area is 130 Å². The highest BCUT2D eigenvalue weighted by Gasteiger charge is 2.34. The van der Waals surface area contributed by atoms with Gasteiger partial charge in [-0.1, -0.05) is 41.0 Å². The maximum atomic E-state index is 12.6. The summed E-state index contributed by atoms with van der Waals surface area (Å²) in [5.74, 6) is 0.0748. The van der Waals surface area contributed by atoms with Crippen molar-refractivity contribution in [2.45, 2.75) is 72.4 Å². The lowest BCUT2D eigenvalue weighted by Crippen LogP contribution is -2.52. The molecule has 1 aliphatic heterocycles. The molecule has 2 amide bonds. The van der Waals surface area contributed by atoms with Crippen molar-refractivity contribution in [1.29, 1.82) is 0 Å². The SMILES string of the molecule is CC.CCCC1CCCN1C(=O)C(NC(=O)OC)C(C)C.[HH]. The van der Waals surface area contributed by atoms with Crippen LogP contribution in [0.3, 0.4) is 0 Å². The second kappa shape index (κ2) is 10.5. The molecule has 2 unspecified atom stereocenters. The molecule has 5 heteroatoms. The van der Waals surface area contributed by atoms with E-state index in [1.165, 1.54) is 7.11 Å². The van der Waals surface area contributed by atoms with E-state index < -0.39 is 12.1 Å². The van der Waals surface area contributed by atoms with Gasteiger partial charge in [0.15, 0.2) is 0 Å². The van der Waals surface area contributed by atoms with Gasteiger partial charge >= 0.3 is 6.09 Å². The average molecular weight is 302 g/mol. The monoisotopic (exact) mass is 302 g/mol. The number of nitrogens with one attached hydrogen (secondary N) is 1.